The summed E-state index contributed by atoms with van der Waals surface area (Å²) in [5.74, 6) is 0. The van der Waals surface area contributed by atoms with Crippen molar-refractivity contribution >= 4 is 103 Å². The normalized spacial score (nSPS) is 13.4. The highest BCUT2D eigenvalue weighted by atomic mass is 28.3. The number of aromatic nitrogens is 2. The Labute approximate surface area is 428 Å². The number of para-hydroxylation sites is 4. The highest BCUT2D eigenvalue weighted by Crippen LogP contribution is 2.51. The van der Waals surface area contributed by atoms with Crippen molar-refractivity contribution in [2.24, 2.45) is 0 Å². The van der Waals surface area contributed by atoms with Crippen LogP contribution in [0.2, 0.25) is 0 Å². The van der Waals surface area contributed by atoms with Gasteiger partial charge in [-0.2, -0.15) is 0 Å². The third-order valence-electron chi connectivity index (χ3n) is 15.3. The van der Waals surface area contributed by atoms with Gasteiger partial charge in [-0.3, -0.25) is 9.97 Å². The van der Waals surface area contributed by atoms with E-state index in [0.717, 1.165) is 62.3 Å². The minimum Gasteiger partial charge on any atom is -0.311 e. The highest BCUT2D eigenvalue weighted by Gasteiger charge is 2.56. The van der Waals surface area contributed by atoms with Crippen LogP contribution >= 0.6 is 0 Å². The summed E-state index contributed by atoms with van der Waals surface area (Å²) in [6.45, 7) is 4.21. The predicted octanol–water partition coefficient (Wildman–Crippen LogP) is 11.7. The first kappa shape index (κ1) is 42.8. The van der Waals surface area contributed by atoms with Crippen molar-refractivity contribution in [1.82, 2.24) is 9.97 Å². The van der Waals surface area contributed by atoms with Crippen molar-refractivity contribution in [3.63, 3.8) is 0 Å². The summed E-state index contributed by atoms with van der Waals surface area (Å²) < 4.78 is 0. The molecule has 5 nitrogen and oxygen atoms in total. The van der Waals surface area contributed by atoms with E-state index in [-0.39, 0.29) is 6.71 Å². The number of rotatable bonds is 9. The van der Waals surface area contributed by atoms with E-state index in [1.165, 1.54) is 59.6 Å². The molecular formula is C66H48BN5Si. The lowest BCUT2D eigenvalue weighted by atomic mass is 9.33. The van der Waals surface area contributed by atoms with E-state index in [0.29, 0.717) is 0 Å². The second kappa shape index (κ2) is 17.1. The molecule has 73 heavy (non-hydrogen) atoms. The van der Waals surface area contributed by atoms with E-state index < -0.39 is 8.07 Å². The zero-order chi connectivity index (χ0) is 48.6. The van der Waals surface area contributed by atoms with Crippen LogP contribution in [0, 0.1) is 13.8 Å². The fourth-order valence-corrected chi connectivity index (χ4v) is 17.7. The summed E-state index contributed by atoms with van der Waals surface area (Å²) in [6.07, 6.45) is 3.88. The molecule has 7 heteroatoms. The first-order valence-electron chi connectivity index (χ1n) is 25.2. The van der Waals surface area contributed by atoms with Gasteiger partial charge in [0.1, 0.15) is 0 Å². The molecule has 5 heterocycles. The summed E-state index contributed by atoms with van der Waals surface area (Å²) in [7, 11) is -3.09. The number of hydrogen-bond donors (Lipinski definition) is 0. The molecule has 0 unspecified atom stereocenters. The van der Waals surface area contributed by atoms with Crippen LogP contribution < -0.4 is 51.8 Å². The molecule has 3 aliphatic heterocycles. The largest absolute Gasteiger partial charge is 0.311 e. The summed E-state index contributed by atoms with van der Waals surface area (Å²) in [6, 6.07) is 90.1. The van der Waals surface area contributed by atoms with Crippen LogP contribution in [0.15, 0.2) is 255 Å². The molecular weight excluding hydrogens is 902 g/mol. The van der Waals surface area contributed by atoms with Crippen molar-refractivity contribution in [2.75, 3.05) is 14.7 Å². The van der Waals surface area contributed by atoms with Crippen molar-refractivity contribution in [3.8, 4) is 22.5 Å². The third-order valence-corrected chi connectivity index (χ3v) is 20.2. The fraction of sp³-hybridized carbons (Fsp3) is 0.0303. The third kappa shape index (κ3) is 6.55. The predicted molar refractivity (Wildman–Crippen MR) is 308 cm³/mol. The highest BCUT2D eigenvalue weighted by molar-refractivity contribution is 7.27. The van der Waals surface area contributed by atoms with Gasteiger partial charge < -0.3 is 14.7 Å². The molecule has 2 aromatic heterocycles. The van der Waals surface area contributed by atoms with Gasteiger partial charge in [-0.1, -0.05) is 158 Å². The van der Waals surface area contributed by atoms with Gasteiger partial charge in [0.2, 0.25) is 0 Å². The van der Waals surface area contributed by atoms with E-state index in [1.54, 1.807) is 0 Å². The Hall–Kier alpha value is -9.04. The molecule has 0 radical (unpaired) electrons. The van der Waals surface area contributed by atoms with Crippen molar-refractivity contribution in [1.29, 1.82) is 0 Å². The SMILES string of the molecule is Cc1ccnc(-c2ccccc2N2c3cc(N(c4ccccc4)c4ccccc4)cc4c3B3c5c2cccc5[Si](c2ccccc2)(c2ccccc2)c2cccc(c23)N4c2ccccc2-c2cc(C)ccn2)c1. The van der Waals surface area contributed by atoms with Gasteiger partial charge in [0, 0.05) is 57.6 Å². The topological polar surface area (TPSA) is 35.5 Å². The van der Waals surface area contributed by atoms with Gasteiger partial charge in [-0.05, 0) is 147 Å². The lowest BCUT2D eigenvalue weighted by Crippen LogP contribution is -2.88. The van der Waals surface area contributed by atoms with E-state index in [1.807, 2.05) is 12.4 Å². The first-order valence-corrected chi connectivity index (χ1v) is 27.2. The van der Waals surface area contributed by atoms with Crippen LogP contribution in [0.25, 0.3) is 22.5 Å². The molecule has 344 valence electrons. The number of aryl methyl sites for hydroxylation is 2. The molecule has 0 aliphatic carbocycles. The molecule has 0 saturated carbocycles. The average molecular weight is 950 g/mol. The molecule has 3 aliphatic rings. The summed E-state index contributed by atoms with van der Waals surface area (Å²) >= 11 is 0. The molecule has 11 aromatic rings. The van der Waals surface area contributed by atoms with Crippen molar-refractivity contribution in [2.45, 2.75) is 13.8 Å². The quantitative estimate of drug-likeness (QED) is 0.135. The lowest BCUT2D eigenvalue weighted by molar-refractivity contribution is 1.22. The van der Waals surface area contributed by atoms with Gasteiger partial charge in [0.05, 0.1) is 28.5 Å². The molecule has 0 N–H and O–H groups in total. The molecule has 0 saturated heterocycles. The maximum Gasteiger partial charge on any atom is 0.251 e. The second-order valence-corrected chi connectivity index (χ2v) is 23.2. The van der Waals surface area contributed by atoms with Crippen LogP contribution in [0.5, 0.6) is 0 Å². The van der Waals surface area contributed by atoms with Crippen LogP contribution in [0.1, 0.15) is 11.1 Å². The number of hydrogen-bond acceptors (Lipinski definition) is 5. The summed E-state index contributed by atoms with van der Waals surface area (Å²) in [5.41, 5.74) is 20.3. The second-order valence-electron chi connectivity index (χ2n) is 19.4. The Morgan fingerprint density at radius 3 is 1.19 bits per heavy atom. The Bertz CT molecular complexity index is 3670. The molecule has 0 amide bonds. The molecule has 14 rings (SSSR count). The minimum absolute atomic E-state index is 0.0904. The monoisotopic (exact) mass is 949 g/mol. The minimum atomic E-state index is -3.09. The summed E-state index contributed by atoms with van der Waals surface area (Å²) in [5, 5.41) is 5.56. The molecule has 0 spiro atoms. The van der Waals surface area contributed by atoms with Crippen LogP contribution in [-0.2, 0) is 0 Å². The summed E-state index contributed by atoms with van der Waals surface area (Å²) in [4.78, 5) is 17.7. The maximum atomic E-state index is 5.08. The van der Waals surface area contributed by atoms with Crippen LogP contribution in [0.3, 0.4) is 0 Å². The van der Waals surface area contributed by atoms with Gasteiger partial charge in [-0.25, -0.2) is 0 Å². The van der Waals surface area contributed by atoms with E-state index in [4.69, 9.17) is 9.97 Å². The van der Waals surface area contributed by atoms with Gasteiger partial charge in [-0.15, -0.1) is 0 Å². The Balaban J connectivity index is 1.18. The Morgan fingerprint density at radius 1 is 0.356 bits per heavy atom. The number of pyridine rings is 2. The maximum absolute atomic E-state index is 5.08. The van der Waals surface area contributed by atoms with Gasteiger partial charge >= 0.3 is 0 Å². The fourth-order valence-electron chi connectivity index (χ4n) is 12.4. The van der Waals surface area contributed by atoms with E-state index in [9.17, 15) is 0 Å². The van der Waals surface area contributed by atoms with E-state index in [2.05, 4.69) is 271 Å². The van der Waals surface area contributed by atoms with Crippen LogP contribution in [0.4, 0.5) is 51.2 Å². The number of nitrogens with zero attached hydrogens (tertiary/aromatic N) is 5. The van der Waals surface area contributed by atoms with Crippen molar-refractivity contribution < 1.29 is 0 Å². The zero-order valence-electron chi connectivity index (χ0n) is 40.6. The smallest absolute Gasteiger partial charge is 0.251 e. The zero-order valence-corrected chi connectivity index (χ0v) is 41.6. The Kier molecular flexibility index (Phi) is 10.0. The average Bonchev–Trinajstić information content (AvgIpc) is 3.44. The molecule has 9 aromatic carbocycles. The van der Waals surface area contributed by atoms with E-state index >= 15 is 0 Å². The van der Waals surface area contributed by atoms with Gasteiger partial charge in [0.25, 0.3) is 6.71 Å². The number of anilines is 9. The number of benzene rings is 9. The first-order chi connectivity index (χ1) is 36.1. The van der Waals surface area contributed by atoms with Crippen molar-refractivity contribution in [3.05, 3.63) is 266 Å². The molecule has 0 fully saturated rings. The molecule has 0 bridgehead atoms. The molecule has 0 atom stereocenters. The Morgan fingerprint density at radius 2 is 0.753 bits per heavy atom. The lowest BCUT2D eigenvalue weighted by Gasteiger charge is -2.52. The standard InChI is InChI=1S/C66H48BN5Si/c1-45-37-39-68-54(41-45)52-29-15-17-31-56(52)71-58-33-19-35-62-65(58)67-64-60(71)43-49(70(47-21-7-3-8-22-47)48-23-9-4-10-24-48)44-61(64)72(57-32-18-16-30-53(57)55-42-46(2)38-40-69-55)59-34-20-36-63(66(59)67)73(62,50-25-11-5-12-26-50)51-27-13-6-14-28-51/h3-44H,1-2H3. The van der Waals surface area contributed by atoms with Crippen LogP contribution in [-0.4, -0.2) is 24.8 Å². The van der Waals surface area contributed by atoms with Gasteiger partial charge in [0.15, 0.2) is 8.07 Å².